The summed E-state index contributed by atoms with van der Waals surface area (Å²) in [5.74, 6) is -0.466. The van der Waals surface area contributed by atoms with Gasteiger partial charge in [0, 0.05) is 38.9 Å². The fourth-order valence-corrected chi connectivity index (χ4v) is 3.41. The SMILES string of the molecule is CS(=O)c1ccc(C(=O)Nc2cccc(NC(=O)c3cccs3)c2)cc1. The van der Waals surface area contributed by atoms with Crippen molar-refractivity contribution in [2.24, 2.45) is 0 Å². The lowest BCUT2D eigenvalue weighted by Gasteiger charge is -2.09. The summed E-state index contributed by atoms with van der Waals surface area (Å²) in [7, 11) is -1.08. The maximum absolute atomic E-state index is 12.3. The molecule has 2 N–H and O–H groups in total. The van der Waals surface area contributed by atoms with Crippen molar-refractivity contribution in [3.8, 4) is 0 Å². The summed E-state index contributed by atoms with van der Waals surface area (Å²) in [5, 5.41) is 7.43. The van der Waals surface area contributed by atoms with E-state index in [1.165, 1.54) is 11.3 Å². The highest BCUT2D eigenvalue weighted by molar-refractivity contribution is 7.84. The third-order valence-electron chi connectivity index (χ3n) is 3.57. The third kappa shape index (κ3) is 4.44. The van der Waals surface area contributed by atoms with Crippen molar-refractivity contribution in [3.05, 3.63) is 76.5 Å². The van der Waals surface area contributed by atoms with Gasteiger partial charge in [0.15, 0.2) is 0 Å². The van der Waals surface area contributed by atoms with Crippen molar-refractivity contribution in [1.82, 2.24) is 0 Å². The first-order valence-electron chi connectivity index (χ1n) is 7.73. The molecule has 1 unspecified atom stereocenters. The summed E-state index contributed by atoms with van der Waals surface area (Å²) >= 11 is 1.36. The van der Waals surface area contributed by atoms with Gasteiger partial charge in [0.2, 0.25) is 0 Å². The molecule has 3 aromatic rings. The summed E-state index contributed by atoms with van der Waals surface area (Å²) in [5.41, 5.74) is 1.63. The van der Waals surface area contributed by atoms with Gasteiger partial charge in [-0.2, -0.15) is 0 Å². The van der Waals surface area contributed by atoms with E-state index < -0.39 is 10.8 Å². The van der Waals surface area contributed by atoms with Gasteiger partial charge >= 0.3 is 0 Å². The van der Waals surface area contributed by atoms with E-state index >= 15 is 0 Å². The summed E-state index contributed by atoms with van der Waals surface area (Å²) in [4.78, 5) is 25.7. The Morgan fingerprint density at radius 1 is 0.885 bits per heavy atom. The second-order valence-corrected chi connectivity index (χ2v) is 7.77. The first-order valence-corrected chi connectivity index (χ1v) is 10.2. The van der Waals surface area contributed by atoms with Crippen LogP contribution in [0.5, 0.6) is 0 Å². The van der Waals surface area contributed by atoms with E-state index in [0.717, 1.165) is 0 Å². The van der Waals surface area contributed by atoms with E-state index in [-0.39, 0.29) is 11.8 Å². The molecule has 0 aliphatic rings. The summed E-state index contributed by atoms with van der Waals surface area (Å²) in [6.45, 7) is 0. The zero-order valence-corrected chi connectivity index (χ0v) is 15.5. The standard InChI is InChI=1S/C19H16N2O3S2/c1-26(24)16-9-7-13(8-10-16)18(22)20-14-4-2-5-15(12-14)21-19(23)17-6-3-11-25-17/h2-12H,1H3,(H,20,22)(H,21,23). The molecule has 0 aliphatic carbocycles. The van der Waals surface area contributed by atoms with Crippen LogP contribution in [0.25, 0.3) is 0 Å². The number of hydrogen-bond acceptors (Lipinski definition) is 4. The fraction of sp³-hybridized carbons (Fsp3) is 0.0526. The van der Waals surface area contributed by atoms with Crippen LogP contribution in [0.1, 0.15) is 20.0 Å². The van der Waals surface area contributed by atoms with Crippen LogP contribution in [0.4, 0.5) is 11.4 Å². The molecule has 2 amide bonds. The molecule has 1 atom stereocenters. The Morgan fingerprint density at radius 3 is 2.12 bits per heavy atom. The van der Waals surface area contributed by atoms with Crippen LogP contribution in [-0.4, -0.2) is 22.3 Å². The molecule has 0 fully saturated rings. The van der Waals surface area contributed by atoms with E-state index in [1.807, 2.05) is 11.4 Å². The zero-order valence-electron chi connectivity index (χ0n) is 13.9. The van der Waals surface area contributed by atoms with Crippen LogP contribution in [-0.2, 0) is 10.8 Å². The van der Waals surface area contributed by atoms with E-state index in [2.05, 4.69) is 10.6 Å². The van der Waals surface area contributed by atoms with Gasteiger partial charge in [0.25, 0.3) is 11.8 Å². The number of carbonyl (C=O) groups excluding carboxylic acids is 2. The summed E-state index contributed by atoms with van der Waals surface area (Å²) in [6.07, 6.45) is 1.59. The zero-order chi connectivity index (χ0) is 18.5. The summed E-state index contributed by atoms with van der Waals surface area (Å²) in [6, 6.07) is 17.1. The van der Waals surface area contributed by atoms with Crippen molar-refractivity contribution in [2.75, 3.05) is 16.9 Å². The smallest absolute Gasteiger partial charge is 0.265 e. The minimum absolute atomic E-state index is 0.188. The molecule has 1 aromatic heterocycles. The van der Waals surface area contributed by atoms with Crippen molar-refractivity contribution in [3.63, 3.8) is 0 Å². The van der Waals surface area contributed by atoms with Gasteiger partial charge < -0.3 is 10.6 Å². The van der Waals surface area contributed by atoms with Crippen LogP contribution in [0.2, 0.25) is 0 Å². The predicted molar refractivity (Wildman–Crippen MR) is 105 cm³/mol. The number of rotatable bonds is 5. The number of anilines is 2. The van der Waals surface area contributed by atoms with Gasteiger partial charge in [0.1, 0.15) is 0 Å². The third-order valence-corrected chi connectivity index (χ3v) is 5.38. The number of nitrogens with one attached hydrogen (secondary N) is 2. The Labute approximate surface area is 157 Å². The highest BCUT2D eigenvalue weighted by Crippen LogP contribution is 2.18. The molecule has 26 heavy (non-hydrogen) atoms. The number of hydrogen-bond donors (Lipinski definition) is 2. The maximum atomic E-state index is 12.3. The molecule has 0 bridgehead atoms. The van der Waals surface area contributed by atoms with Gasteiger partial charge in [-0.05, 0) is 53.9 Å². The van der Waals surface area contributed by atoms with Crippen molar-refractivity contribution in [1.29, 1.82) is 0 Å². The van der Waals surface area contributed by atoms with E-state index in [0.29, 0.717) is 26.7 Å². The summed E-state index contributed by atoms with van der Waals surface area (Å²) < 4.78 is 11.4. The van der Waals surface area contributed by atoms with Crippen LogP contribution in [0, 0.1) is 0 Å². The minimum atomic E-state index is -1.08. The lowest BCUT2D eigenvalue weighted by atomic mass is 10.2. The normalized spacial score (nSPS) is 11.6. The Kier molecular flexibility index (Phi) is 5.60. The Morgan fingerprint density at radius 2 is 1.54 bits per heavy atom. The van der Waals surface area contributed by atoms with Gasteiger partial charge in [-0.25, -0.2) is 0 Å². The average Bonchev–Trinajstić information content (AvgIpc) is 3.17. The lowest BCUT2D eigenvalue weighted by Crippen LogP contribution is -2.13. The molecule has 0 radical (unpaired) electrons. The fourth-order valence-electron chi connectivity index (χ4n) is 2.28. The Balaban J connectivity index is 1.69. The van der Waals surface area contributed by atoms with Crippen LogP contribution < -0.4 is 10.6 Å². The molecule has 132 valence electrons. The highest BCUT2D eigenvalue weighted by atomic mass is 32.2. The van der Waals surface area contributed by atoms with Crippen LogP contribution in [0.3, 0.4) is 0 Å². The monoisotopic (exact) mass is 384 g/mol. The van der Waals surface area contributed by atoms with Gasteiger partial charge in [-0.15, -0.1) is 11.3 Å². The highest BCUT2D eigenvalue weighted by Gasteiger charge is 2.09. The molecule has 0 saturated heterocycles. The minimum Gasteiger partial charge on any atom is -0.322 e. The van der Waals surface area contributed by atoms with Crippen LogP contribution >= 0.6 is 11.3 Å². The van der Waals surface area contributed by atoms with Gasteiger partial charge in [0.05, 0.1) is 4.88 Å². The van der Waals surface area contributed by atoms with E-state index in [4.69, 9.17) is 0 Å². The lowest BCUT2D eigenvalue weighted by molar-refractivity contribution is 0.102. The molecule has 3 rings (SSSR count). The predicted octanol–water partition coefficient (Wildman–Crippen LogP) is 3.99. The number of carbonyl (C=O) groups is 2. The number of amides is 2. The van der Waals surface area contributed by atoms with E-state index in [1.54, 1.807) is 60.9 Å². The first-order chi connectivity index (χ1) is 12.5. The molecule has 0 spiro atoms. The molecular weight excluding hydrogens is 368 g/mol. The van der Waals surface area contributed by atoms with Gasteiger partial charge in [-0.1, -0.05) is 12.1 Å². The quantitative estimate of drug-likeness (QED) is 0.698. The van der Waals surface area contributed by atoms with Gasteiger partial charge in [-0.3, -0.25) is 13.8 Å². The first kappa shape index (κ1) is 18.0. The van der Waals surface area contributed by atoms with Crippen molar-refractivity contribution >= 4 is 45.3 Å². The average molecular weight is 384 g/mol. The van der Waals surface area contributed by atoms with Crippen molar-refractivity contribution < 1.29 is 13.8 Å². The number of thiophene rings is 1. The molecule has 7 heteroatoms. The molecule has 2 aromatic carbocycles. The molecule has 1 heterocycles. The Hall–Kier alpha value is -2.77. The van der Waals surface area contributed by atoms with Crippen molar-refractivity contribution in [2.45, 2.75) is 4.90 Å². The molecule has 0 saturated carbocycles. The molecule has 5 nitrogen and oxygen atoms in total. The Bertz CT molecular complexity index is 951. The molecular formula is C19H16N2O3S2. The molecule has 0 aliphatic heterocycles. The second kappa shape index (κ2) is 8.07. The topological polar surface area (TPSA) is 75.3 Å². The number of benzene rings is 2. The largest absolute Gasteiger partial charge is 0.322 e. The van der Waals surface area contributed by atoms with E-state index in [9.17, 15) is 13.8 Å². The maximum Gasteiger partial charge on any atom is 0.265 e. The second-order valence-electron chi connectivity index (χ2n) is 5.44. The van der Waals surface area contributed by atoms with Crippen LogP contribution in [0.15, 0.2) is 70.9 Å².